The average Bonchev–Trinajstić information content (AvgIpc) is 2.40. The fourth-order valence-electron chi connectivity index (χ4n) is 1.80. The molecular formula is C14H21N3OS. The first kappa shape index (κ1) is 15.4. The summed E-state index contributed by atoms with van der Waals surface area (Å²) in [5.74, 6) is 0.178. The lowest BCUT2D eigenvalue weighted by Gasteiger charge is -2.18. The first-order valence-electron chi connectivity index (χ1n) is 6.50. The summed E-state index contributed by atoms with van der Waals surface area (Å²) in [7, 11) is 0. The highest BCUT2D eigenvalue weighted by atomic mass is 32.1. The Hall–Kier alpha value is -1.62. The standard InChI is InChI=1S/C14H21N3OS/c1-3-17(4-2)13(18)9-10-16-12-7-5-11(6-8-12)14(15)19/h5-8,16H,3-4,9-10H2,1-2H3,(H2,15,19). The molecule has 0 aliphatic heterocycles. The second kappa shape index (κ2) is 7.74. The zero-order valence-corrected chi connectivity index (χ0v) is 12.3. The first-order chi connectivity index (χ1) is 9.08. The molecule has 1 rings (SSSR count). The number of amides is 1. The highest BCUT2D eigenvalue weighted by Gasteiger charge is 2.08. The minimum absolute atomic E-state index is 0.178. The van der Waals surface area contributed by atoms with Gasteiger partial charge in [-0.2, -0.15) is 0 Å². The molecule has 0 heterocycles. The fraction of sp³-hybridized carbons (Fsp3) is 0.429. The molecule has 19 heavy (non-hydrogen) atoms. The Balaban J connectivity index is 2.41. The summed E-state index contributed by atoms with van der Waals surface area (Å²) in [6.45, 7) is 6.13. The molecule has 4 nitrogen and oxygen atoms in total. The summed E-state index contributed by atoms with van der Waals surface area (Å²) in [5.41, 5.74) is 7.34. The van der Waals surface area contributed by atoms with Gasteiger partial charge in [0.2, 0.25) is 5.91 Å². The van der Waals surface area contributed by atoms with E-state index in [-0.39, 0.29) is 5.91 Å². The maximum atomic E-state index is 11.8. The molecule has 0 saturated heterocycles. The van der Waals surface area contributed by atoms with Crippen LogP contribution in [0.5, 0.6) is 0 Å². The van der Waals surface area contributed by atoms with Crippen LogP contribution in [0.15, 0.2) is 24.3 Å². The molecule has 0 bridgehead atoms. The number of hydrogen-bond donors (Lipinski definition) is 2. The summed E-state index contributed by atoms with van der Waals surface area (Å²) >= 11 is 4.89. The van der Waals surface area contributed by atoms with Crippen molar-refractivity contribution in [2.24, 2.45) is 5.73 Å². The average molecular weight is 279 g/mol. The van der Waals surface area contributed by atoms with Crippen LogP contribution in [0, 0.1) is 0 Å². The van der Waals surface area contributed by atoms with E-state index in [2.05, 4.69) is 5.32 Å². The Kier molecular flexibility index (Phi) is 6.29. The van der Waals surface area contributed by atoms with Crippen LogP contribution in [0.3, 0.4) is 0 Å². The van der Waals surface area contributed by atoms with E-state index in [1.165, 1.54) is 0 Å². The highest BCUT2D eigenvalue weighted by molar-refractivity contribution is 7.80. The summed E-state index contributed by atoms with van der Waals surface area (Å²) in [6, 6.07) is 7.57. The van der Waals surface area contributed by atoms with E-state index in [1.54, 1.807) is 0 Å². The van der Waals surface area contributed by atoms with Crippen molar-refractivity contribution in [3.05, 3.63) is 29.8 Å². The summed E-state index contributed by atoms with van der Waals surface area (Å²) < 4.78 is 0. The van der Waals surface area contributed by atoms with E-state index in [4.69, 9.17) is 18.0 Å². The third-order valence-electron chi connectivity index (χ3n) is 2.95. The second-order valence-electron chi connectivity index (χ2n) is 4.18. The van der Waals surface area contributed by atoms with Crippen LogP contribution in [0.4, 0.5) is 5.69 Å². The van der Waals surface area contributed by atoms with Crippen LogP contribution in [-0.4, -0.2) is 35.4 Å². The monoisotopic (exact) mass is 279 g/mol. The SMILES string of the molecule is CCN(CC)C(=O)CCNc1ccc(C(N)=S)cc1. The highest BCUT2D eigenvalue weighted by Crippen LogP contribution is 2.09. The Morgan fingerprint density at radius 2 is 1.84 bits per heavy atom. The van der Waals surface area contributed by atoms with Crippen LogP contribution in [0.25, 0.3) is 0 Å². The van der Waals surface area contributed by atoms with Gasteiger partial charge in [0.15, 0.2) is 0 Å². The van der Waals surface area contributed by atoms with Crippen LogP contribution in [0.1, 0.15) is 25.8 Å². The molecule has 1 aromatic rings. The van der Waals surface area contributed by atoms with Gasteiger partial charge in [-0.15, -0.1) is 0 Å². The molecule has 0 saturated carbocycles. The predicted molar refractivity (Wildman–Crippen MR) is 83.4 cm³/mol. The summed E-state index contributed by atoms with van der Waals surface area (Å²) in [4.78, 5) is 14.0. The lowest BCUT2D eigenvalue weighted by Crippen LogP contribution is -2.31. The maximum absolute atomic E-state index is 11.8. The number of thiocarbonyl (C=S) groups is 1. The van der Waals surface area contributed by atoms with Crippen molar-refractivity contribution in [2.45, 2.75) is 20.3 Å². The third-order valence-corrected chi connectivity index (χ3v) is 3.19. The maximum Gasteiger partial charge on any atom is 0.224 e. The van der Waals surface area contributed by atoms with Gasteiger partial charge in [-0.3, -0.25) is 4.79 Å². The van der Waals surface area contributed by atoms with Crippen LogP contribution >= 0.6 is 12.2 Å². The van der Waals surface area contributed by atoms with Gasteiger partial charge in [0, 0.05) is 37.3 Å². The van der Waals surface area contributed by atoms with Crippen LogP contribution in [-0.2, 0) is 4.79 Å². The third kappa shape index (κ3) is 4.87. The molecule has 0 aromatic heterocycles. The lowest BCUT2D eigenvalue weighted by atomic mass is 10.2. The number of carbonyl (C=O) groups excluding carboxylic acids is 1. The molecule has 104 valence electrons. The van der Waals surface area contributed by atoms with Crippen LogP contribution in [0.2, 0.25) is 0 Å². The van der Waals surface area contributed by atoms with Gasteiger partial charge in [0.05, 0.1) is 0 Å². The molecule has 0 aliphatic rings. The molecule has 1 amide bonds. The van der Waals surface area contributed by atoms with Gasteiger partial charge in [0.25, 0.3) is 0 Å². The molecule has 1 aromatic carbocycles. The Labute approximate surface area is 120 Å². The van der Waals surface area contributed by atoms with Crippen molar-refractivity contribution in [3.8, 4) is 0 Å². The molecule has 0 fully saturated rings. The zero-order chi connectivity index (χ0) is 14.3. The topological polar surface area (TPSA) is 58.4 Å². The van der Waals surface area contributed by atoms with Gasteiger partial charge in [-0.1, -0.05) is 12.2 Å². The fourth-order valence-corrected chi connectivity index (χ4v) is 1.94. The van der Waals surface area contributed by atoms with E-state index in [0.717, 1.165) is 24.3 Å². The molecule has 0 radical (unpaired) electrons. The first-order valence-corrected chi connectivity index (χ1v) is 6.90. The van der Waals surface area contributed by atoms with Gasteiger partial charge >= 0.3 is 0 Å². The van der Waals surface area contributed by atoms with Crippen molar-refractivity contribution >= 4 is 28.8 Å². The minimum atomic E-state index is 0.178. The van der Waals surface area contributed by atoms with Crippen molar-refractivity contribution < 1.29 is 4.79 Å². The smallest absolute Gasteiger partial charge is 0.224 e. The van der Waals surface area contributed by atoms with Gasteiger partial charge in [-0.25, -0.2) is 0 Å². The van der Waals surface area contributed by atoms with Gasteiger partial charge in [0.1, 0.15) is 4.99 Å². The van der Waals surface area contributed by atoms with E-state index in [9.17, 15) is 4.79 Å². The van der Waals surface area contributed by atoms with Crippen molar-refractivity contribution in [3.63, 3.8) is 0 Å². The predicted octanol–water partition coefficient (Wildman–Crippen LogP) is 1.99. The summed E-state index contributed by atoms with van der Waals surface area (Å²) in [5, 5.41) is 3.21. The molecule has 3 N–H and O–H groups in total. The number of hydrogen-bond acceptors (Lipinski definition) is 3. The molecule has 5 heteroatoms. The van der Waals surface area contributed by atoms with Crippen molar-refractivity contribution in [2.75, 3.05) is 25.0 Å². The van der Waals surface area contributed by atoms with Gasteiger partial charge < -0.3 is 16.0 Å². The second-order valence-corrected chi connectivity index (χ2v) is 4.62. The van der Waals surface area contributed by atoms with Crippen molar-refractivity contribution in [1.29, 1.82) is 0 Å². The number of benzene rings is 1. The molecular weight excluding hydrogens is 258 g/mol. The lowest BCUT2D eigenvalue weighted by molar-refractivity contribution is -0.130. The minimum Gasteiger partial charge on any atom is -0.389 e. The Morgan fingerprint density at radius 1 is 1.26 bits per heavy atom. The number of nitrogens with zero attached hydrogens (tertiary/aromatic N) is 1. The van der Waals surface area contributed by atoms with Crippen LogP contribution < -0.4 is 11.1 Å². The Morgan fingerprint density at radius 3 is 2.32 bits per heavy atom. The number of rotatable bonds is 7. The molecule has 0 spiro atoms. The summed E-state index contributed by atoms with van der Waals surface area (Å²) in [6.07, 6.45) is 0.499. The molecule has 0 atom stereocenters. The normalized spacial score (nSPS) is 10.0. The zero-order valence-electron chi connectivity index (χ0n) is 11.5. The quantitative estimate of drug-likeness (QED) is 0.749. The van der Waals surface area contributed by atoms with E-state index in [1.807, 2.05) is 43.0 Å². The number of nitrogens with two attached hydrogens (primary N) is 1. The Bertz CT molecular complexity index is 427. The molecule has 0 aliphatic carbocycles. The van der Waals surface area contributed by atoms with E-state index < -0.39 is 0 Å². The van der Waals surface area contributed by atoms with Crippen molar-refractivity contribution in [1.82, 2.24) is 4.90 Å². The largest absolute Gasteiger partial charge is 0.389 e. The van der Waals surface area contributed by atoms with E-state index >= 15 is 0 Å². The van der Waals surface area contributed by atoms with Gasteiger partial charge in [-0.05, 0) is 38.1 Å². The number of carbonyl (C=O) groups is 1. The molecule has 0 unspecified atom stereocenters. The van der Waals surface area contributed by atoms with E-state index in [0.29, 0.717) is 18.0 Å². The number of nitrogens with one attached hydrogen (secondary N) is 1. The number of anilines is 1.